The Kier molecular flexibility index (Phi) is 6.28. The van der Waals surface area contributed by atoms with Gasteiger partial charge in [-0.25, -0.2) is 12.8 Å². The van der Waals surface area contributed by atoms with Crippen LogP contribution in [0.5, 0.6) is 0 Å². The topological polar surface area (TPSA) is 93.1 Å². The van der Waals surface area contributed by atoms with Crippen LogP contribution in [0.25, 0.3) is 0 Å². The summed E-state index contributed by atoms with van der Waals surface area (Å²) in [6.07, 6.45) is 4.36. The molecule has 0 aliphatic heterocycles. The van der Waals surface area contributed by atoms with E-state index in [4.69, 9.17) is 0 Å². The first-order valence-corrected chi connectivity index (χ1v) is 10.5. The Morgan fingerprint density at radius 2 is 1.86 bits per heavy atom. The molecule has 0 saturated heterocycles. The van der Waals surface area contributed by atoms with E-state index in [1.54, 1.807) is 23.0 Å². The lowest BCUT2D eigenvalue weighted by molar-refractivity contribution is 0.0953. The molecule has 29 heavy (non-hydrogen) atoms. The maximum atomic E-state index is 13.1. The molecule has 2 aromatic carbocycles. The fraction of sp³-hybridized carbons (Fsp3) is 0.200. The molecule has 1 heterocycles. The highest BCUT2D eigenvalue weighted by molar-refractivity contribution is 7.92. The second-order valence-corrected chi connectivity index (χ2v) is 8.18. The highest BCUT2D eigenvalue weighted by Gasteiger charge is 2.18. The molecule has 0 aliphatic carbocycles. The molecule has 0 aliphatic rings. The van der Waals surface area contributed by atoms with E-state index in [0.29, 0.717) is 19.5 Å². The van der Waals surface area contributed by atoms with Crippen molar-refractivity contribution < 1.29 is 17.6 Å². The lowest BCUT2D eigenvalue weighted by atomic mass is 10.1. The number of halogens is 1. The van der Waals surface area contributed by atoms with Crippen molar-refractivity contribution in [1.29, 1.82) is 0 Å². The Bertz CT molecular complexity index is 1090. The number of para-hydroxylation sites is 1. The van der Waals surface area contributed by atoms with Gasteiger partial charge in [0, 0.05) is 19.3 Å². The van der Waals surface area contributed by atoms with Gasteiger partial charge in [0.15, 0.2) is 0 Å². The lowest BCUT2D eigenvalue weighted by Gasteiger charge is -2.13. The van der Waals surface area contributed by atoms with Crippen LogP contribution in [-0.4, -0.2) is 30.7 Å². The second-order valence-electron chi connectivity index (χ2n) is 6.50. The summed E-state index contributed by atoms with van der Waals surface area (Å²) >= 11 is 0. The number of benzene rings is 2. The molecule has 9 heteroatoms. The van der Waals surface area contributed by atoms with Gasteiger partial charge < -0.3 is 5.32 Å². The number of carbonyl (C=O) groups is 1. The van der Waals surface area contributed by atoms with E-state index in [9.17, 15) is 17.6 Å². The van der Waals surface area contributed by atoms with E-state index in [2.05, 4.69) is 15.1 Å². The van der Waals surface area contributed by atoms with Crippen LogP contribution in [0.15, 0.2) is 65.8 Å². The second kappa shape index (κ2) is 8.87. The van der Waals surface area contributed by atoms with Crippen molar-refractivity contribution in [1.82, 2.24) is 15.1 Å². The van der Waals surface area contributed by atoms with Crippen LogP contribution in [0.3, 0.4) is 0 Å². The molecule has 0 fully saturated rings. The zero-order valence-corrected chi connectivity index (χ0v) is 16.6. The number of hydrogen-bond acceptors (Lipinski definition) is 4. The minimum absolute atomic E-state index is 0.0939. The van der Waals surface area contributed by atoms with E-state index in [0.717, 1.165) is 29.8 Å². The predicted octanol–water partition coefficient (Wildman–Crippen LogP) is 2.95. The summed E-state index contributed by atoms with van der Waals surface area (Å²) in [5.74, 6) is -0.923. The summed E-state index contributed by atoms with van der Waals surface area (Å²) in [5, 5.41) is 6.97. The highest BCUT2D eigenvalue weighted by atomic mass is 32.2. The van der Waals surface area contributed by atoms with E-state index < -0.39 is 15.8 Å². The van der Waals surface area contributed by atoms with Crippen LogP contribution in [0.1, 0.15) is 22.3 Å². The van der Waals surface area contributed by atoms with E-state index in [1.807, 2.05) is 13.1 Å². The van der Waals surface area contributed by atoms with Crippen LogP contribution >= 0.6 is 0 Å². The molecular weight excluding hydrogens is 395 g/mol. The van der Waals surface area contributed by atoms with Gasteiger partial charge in [0.25, 0.3) is 15.9 Å². The molecule has 152 valence electrons. The summed E-state index contributed by atoms with van der Waals surface area (Å²) < 4.78 is 42.3. The van der Waals surface area contributed by atoms with Crippen molar-refractivity contribution in [2.45, 2.75) is 24.8 Å². The first-order chi connectivity index (χ1) is 13.8. The highest BCUT2D eigenvalue weighted by Crippen LogP contribution is 2.20. The molecule has 2 N–H and O–H groups in total. The van der Waals surface area contributed by atoms with E-state index >= 15 is 0 Å². The maximum Gasteiger partial charge on any atom is 0.261 e. The van der Waals surface area contributed by atoms with Crippen LogP contribution in [0.4, 0.5) is 10.1 Å². The summed E-state index contributed by atoms with van der Waals surface area (Å²) in [6, 6.07) is 10.8. The Morgan fingerprint density at radius 1 is 1.14 bits per heavy atom. The quantitative estimate of drug-likeness (QED) is 0.552. The molecule has 0 saturated carbocycles. The number of hydrogen-bond donors (Lipinski definition) is 2. The number of carbonyl (C=O) groups excluding carboxylic acids is 1. The average Bonchev–Trinajstić information content (AvgIpc) is 3.10. The monoisotopic (exact) mass is 416 g/mol. The molecule has 0 unspecified atom stereocenters. The molecule has 3 aromatic rings. The Morgan fingerprint density at radius 3 is 2.55 bits per heavy atom. The smallest absolute Gasteiger partial charge is 0.261 e. The van der Waals surface area contributed by atoms with Crippen molar-refractivity contribution in [3.8, 4) is 0 Å². The van der Waals surface area contributed by atoms with Gasteiger partial charge in [-0.15, -0.1) is 0 Å². The number of amides is 1. The SMILES string of the molecule is Cc1cnn(CCCNC(=O)c2ccccc2NS(=O)(=O)c2ccc(F)cc2)c1. The molecule has 0 radical (unpaired) electrons. The summed E-state index contributed by atoms with van der Waals surface area (Å²) in [6.45, 7) is 3.03. The molecule has 1 aromatic heterocycles. The van der Waals surface area contributed by atoms with Crippen LogP contribution in [-0.2, 0) is 16.6 Å². The molecular formula is C20H21FN4O3S. The summed E-state index contributed by atoms with van der Waals surface area (Å²) in [4.78, 5) is 12.4. The number of rotatable bonds is 8. The van der Waals surface area contributed by atoms with Gasteiger partial charge in [0.2, 0.25) is 0 Å². The van der Waals surface area contributed by atoms with E-state index in [-0.39, 0.29) is 22.1 Å². The zero-order valence-electron chi connectivity index (χ0n) is 15.8. The predicted molar refractivity (Wildman–Crippen MR) is 108 cm³/mol. The number of sulfonamides is 1. The Hall–Kier alpha value is -3.20. The van der Waals surface area contributed by atoms with Gasteiger partial charge in [-0.2, -0.15) is 5.10 Å². The number of nitrogens with zero attached hydrogens (tertiary/aromatic N) is 2. The molecule has 3 rings (SSSR count). The summed E-state index contributed by atoms with van der Waals surface area (Å²) in [5.41, 5.74) is 1.42. The maximum absolute atomic E-state index is 13.1. The molecule has 0 atom stereocenters. The lowest BCUT2D eigenvalue weighted by Crippen LogP contribution is -2.27. The van der Waals surface area contributed by atoms with Crippen molar-refractivity contribution in [3.63, 3.8) is 0 Å². The number of anilines is 1. The molecule has 7 nitrogen and oxygen atoms in total. The number of nitrogens with one attached hydrogen (secondary N) is 2. The molecule has 0 bridgehead atoms. The van der Waals surface area contributed by atoms with Crippen molar-refractivity contribution in [3.05, 3.63) is 77.9 Å². The van der Waals surface area contributed by atoms with Crippen molar-refractivity contribution in [2.75, 3.05) is 11.3 Å². The first kappa shape index (κ1) is 20.5. The Balaban J connectivity index is 1.64. The number of aromatic nitrogens is 2. The largest absolute Gasteiger partial charge is 0.352 e. The minimum Gasteiger partial charge on any atom is -0.352 e. The first-order valence-electron chi connectivity index (χ1n) is 9.00. The van der Waals surface area contributed by atoms with Gasteiger partial charge in [-0.1, -0.05) is 12.1 Å². The van der Waals surface area contributed by atoms with Gasteiger partial charge in [0.1, 0.15) is 5.82 Å². The van der Waals surface area contributed by atoms with Crippen LogP contribution in [0, 0.1) is 12.7 Å². The fourth-order valence-electron chi connectivity index (χ4n) is 2.71. The normalized spacial score (nSPS) is 11.2. The van der Waals surface area contributed by atoms with Crippen molar-refractivity contribution in [2.24, 2.45) is 0 Å². The van der Waals surface area contributed by atoms with E-state index in [1.165, 1.54) is 12.1 Å². The standard InChI is InChI=1S/C20H21FN4O3S/c1-15-13-23-25(14-15)12-4-11-22-20(26)18-5-2-3-6-19(18)24-29(27,28)17-9-7-16(21)8-10-17/h2-3,5-10,13-14,24H,4,11-12H2,1H3,(H,22,26). The van der Waals surface area contributed by atoms with Crippen LogP contribution in [0.2, 0.25) is 0 Å². The zero-order chi connectivity index (χ0) is 20.9. The minimum atomic E-state index is -3.95. The van der Waals surface area contributed by atoms with Gasteiger partial charge >= 0.3 is 0 Å². The number of aryl methyl sites for hydroxylation is 2. The van der Waals surface area contributed by atoms with Gasteiger partial charge in [-0.05, 0) is 55.3 Å². The molecule has 0 spiro atoms. The van der Waals surface area contributed by atoms with Crippen LogP contribution < -0.4 is 10.0 Å². The van der Waals surface area contributed by atoms with Gasteiger partial charge in [0.05, 0.1) is 22.3 Å². The van der Waals surface area contributed by atoms with Crippen molar-refractivity contribution >= 4 is 21.6 Å². The third kappa shape index (κ3) is 5.41. The summed E-state index contributed by atoms with van der Waals surface area (Å²) in [7, 11) is -3.95. The average molecular weight is 416 g/mol. The molecule has 1 amide bonds. The fourth-order valence-corrected chi connectivity index (χ4v) is 3.79. The van der Waals surface area contributed by atoms with Gasteiger partial charge in [-0.3, -0.25) is 14.2 Å². The Labute approximate surface area is 168 Å². The third-order valence-electron chi connectivity index (χ3n) is 4.15. The third-order valence-corrected chi connectivity index (χ3v) is 5.53.